The van der Waals surface area contributed by atoms with Gasteiger partial charge in [-0.3, -0.25) is 0 Å². The quantitative estimate of drug-likeness (QED) is 0.588. The van der Waals surface area contributed by atoms with Crippen LogP contribution in [-0.2, 0) is 0 Å². The molecule has 0 radical (unpaired) electrons. The van der Waals surface area contributed by atoms with Crippen molar-refractivity contribution in [2.75, 3.05) is 0 Å². The number of hydrogen-bond donors (Lipinski definition) is 0. The molecule has 0 saturated heterocycles. The Bertz CT molecular complexity index is 429. The normalized spacial score (nSPS) is 10.9. The van der Waals surface area contributed by atoms with Crippen molar-refractivity contribution in [1.82, 2.24) is 14.6 Å². The van der Waals surface area contributed by atoms with Crippen molar-refractivity contribution in [1.29, 1.82) is 0 Å². The van der Waals surface area contributed by atoms with Gasteiger partial charge in [-0.05, 0) is 32.4 Å². The Hall–Kier alpha value is -1.38. The lowest BCUT2D eigenvalue weighted by Crippen LogP contribution is -1.94. The predicted octanol–water partition coefficient (Wildman–Crippen LogP) is 1.65. The highest BCUT2D eigenvalue weighted by atomic mass is 15.3. The van der Waals surface area contributed by atoms with Crippen LogP contribution in [0.1, 0.15) is 17.1 Å². The Morgan fingerprint density at radius 2 is 2.00 bits per heavy atom. The van der Waals surface area contributed by atoms with Crippen LogP contribution in [0.15, 0.2) is 12.3 Å². The van der Waals surface area contributed by atoms with Gasteiger partial charge in [0.15, 0.2) is 0 Å². The van der Waals surface area contributed by atoms with Crippen LogP contribution in [0, 0.1) is 20.8 Å². The standard InChI is InChI=1S/C9H11N3/c1-6-4-5-10-12-8(3)11-7(2)9(6)12/h4-5H,1-3H3. The zero-order valence-electron chi connectivity index (χ0n) is 7.50. The van der Waals surface area contributed by atoms with E-state index in [1.807, 2.05) is 24.4 Å². The number of hydrogen-bond acceptors (Lipinski definition) is 2. The van der Waals surface area contributed by atoms with E-state index in [2.05, 4.69) is 17.0 Å². The number of nitrogens with zero attached hydrogens (tertiary/aromatic N) is 3. The Morgan fingerprint density at radius 3 is 2.67 bits per heavy atom. The Kier molecular flexibility index (Phi) is 1.40. The Balaban J connectivity index is 2.99. The van der Waals surface area contributed by atoms with Crippen molar-refractivity contribution in [2.24, 2.45) is 0 Å². The first kappa shape index (κ1) is 7.28. The molecule has 0 aromatic carbocycles. The Morgan fingerprint density at radius 1 is 1.25 bits per heavy atom. The first-order valence-corrected chi connectivity index (χ1v) is 3.97. The van der Waals surface area contributed by atoms with E-state index in [9.17, 15) is 0 Å². The summed E-state index contributed by atoms with van der Waals surface area (Å²) in [4.78, 5) is 4.35. The fourth-order valence-electron chi connectivity index (χ4n) is 1.54. The third-order valence-electron chi connectivity index (χ3n) is 2.07. The molecule has 2 rings (SSSR count). The third-order valence-corrected chi connectivity index (χ3v) is 2.07. The molecule has 2 aromatic heterocycles. The molecule has 3 nitrogen and oxygen atoms in total. The number of fused-ring (bicyclic) bond motifs is 1. The average Bonchev–Trinajstić information content (AvgIpc) is 2.29. The number of imidazole rings is 1. The molecule has 0 bridgehead atoms. The summed E-state index contributed by atoms with van der Waals surface area (Å²) in [5, 5.41) is 4.22. The third kappa shape index (κ3) is 0.826. The summed E-state index contributed by atoms with van der Waals surface area (Å²) < 4.78 is 1.88. The smallest absolute Gasteiger partial charge is 0.127 e. The molecule has 2 aromatic rings. The summed E-state index contributed by atoms with van der Waals surface area (Å²) in [7, 11) is 0. The molecular weight excluding hydrogens is 150 g/mol. The van der Waals surface area contributed by atoms with Crippen LogP contribution in [0.25, 0.3) is 5.52 Å². The molecule has 0 spiro atoms. The van der Waals surface area contributed by atoms with E-state index in [1.165, 1.54) is 5.56 Å². The van der Waals surface area contributed by atoms with E-state index in [4.69, 9.17) is 0 Å². The van der Waals surface area contributed by atoms with Gasteiger partial charge in [0.05, 0.1) is 11.2 Å². The lowest BCUT2D eigenvalue weighted by Gasteiger charge is -1.97. The van der Waals surface area contributed by atoms with Crippen LogP contribution in [-0.4, -0.2) is 14.6 Å². The van der Waals surface area contributed by atoms with Crippen LogP contribution in [0.3, 0.4) is 0 Å². The zero-order chi connectivity index (χ0) is 8.72. The van der Waals surface area contributed by atoms with Gasteiger partial charge in [0.25, 0.3) is 0 Å². The lowest BCUT2D eigenvalue weighted by atomic mass is 10.2. The monoisotopic (exact) mass is 161 g/mol. The minimum Gasteiger partial charge on any atom is -0.236 e. The van der Waals surface area contributed by atoms with Gasteiger partial charge in [-0.1, -0.05) is 0 Å². The molecule has 62 valence electrons. The van der Waals surface area contributed by atoms with Crippen molar-refractivity contribution in [3.05, 3.63) is 29.3 Å². The number of rotatable bonds is 0. The molecular formula is C9H11N3. The molecule has 3 heteroatoms. The molecule has 0 amide bonds. The SMILES string of the molecule is Cc1ccnn2c(C)nc(C)c12. The molecule has 0 aliphatic rings. The van der Waals surface area contributed by atoms with Crippen LogP contribution in [0.4, 0.5) is 0 Å². The van der Waals surface area contributed by atoms with Crippen LogP contribution < -0.4 is 0 Å². The van der Waals surface area contributed by atoms with Gasteiger partial charge in [0.1, 0.15) is 5.82 Å². The Labute approximate surface area is 71.1 Å². The van der Waals surface area contributed by atoms with Crippen LogP contribution in [0.5, 0.6) is 0 Å². The molecule has 0 aliphatic carbocycles. The van der Waals surface area contributed by atoms with Crippen LogP contribution >= 0.6 is 0 Å². The number of aromatic nitrogens is 3. The fourth-order valence-corrected chi connectivity index (χ4v) is 1.54. The highest BCUT2D eigenvalue weighted by molar-refractivity contribution is 5.57. The van der Waals surface area contributed by atoms with E-state index in [0.29, 0.717) is 0 Å². The molecule has 0 fully saturated rings. The van der Waals surface area contributed by atoms with Crippen LogP contribution in [0.2, 0.25) is 0 Å². The summed E-state index contributed by atoms with van der Waals surface area (Å²) in [5.41, 5.74) is 3.41. The highest BCUT2D eigenvalue weighted by Crippen LogP contribution is 2.13. The predicted molar refractivity (Wildman–Crippen MR) is 47.2 cm³/mol. The highest BCUT2D eigenvalue weighted by Gasteiger charge is 2.05. The van der Waals surface area contributed by atoms with Crippen molar-refractivity contribution >= 4 is 5.52 Å². The van der Waals surface area contributed by atoms with E-state index < -0.39 is 0 Å². The van der Waals surface area contributed by atoms with Gasteiger partial charge in [0.2, 0.25) is 0 Å². The molecule has 2 heterocycles. The molecule has 0 atom stereocenters. The molecule has 0 aliphatic heterocycles. The second kappa shape index (κ2) is 2.30. The zero-order valence-corrected chi connectivity index (χ0v) is 7.50. The maximum absolute atomic E-state index is 4.35. The number of aryl methyl sites for hydroxylation is 3. The van der Waals surface area contributed by atoms with Gasteiger partial charge in [-0.25, -0.2) is 9.50 Å². The minimum absolute atomic E-state index is 0.950. The van der Waals surface area contributed by atoms with Gasteiger partial charge in [-0.15, -0.1) is 0 Å². The molecule has 0 saturated carbocycles. The lowest BCUT2D eigenvalue weighted by molar-refractivity contribution is 0.872. The van der Waals surface area contributed by atoms with E-state index in [0.717, 1.165) is 17.0 Å². The van der Waals surface area contributed by atoms with Gasteiger partial charge >= 0.3 is 0 Å². The minimum atomic E-state index is 0.950. The largest absolute Gasteiger partial charge is 0.236 e. The first-order chi connectivity index (χ1) is 5.70. The van der Waals surface area contributed by atoms with Crippen molar-refractivity contribution in [3.8, 4) is 0 Å². The molecule has 12 heavy (non-hydrogen) atoms. The summed E-state index contributed by atoms with van der Waals surface area (Å²) in [5.74, 6) is 0.950. The first-order valence-electron chi connectivity index (χ1n) is 3.97. The van der Waals surface area contributed by atoms with Gasteiger partial charge < -0.3 is 0 Å². The van der Waals surface area contributed by atoms with E-state index >= 15 is 0 Å². The second-order valence-corrected chi connectivity index (χ2v) is 3.02. The van der Waals surface area contributed by atoms with Crippen molar-refractivity contribution in [3.63, 3.8) is 0 Å². The summed E-state index contributed by atoms with van der Waals surface area (Å²) in [6.07, 6.45) is 1.80. The van der Waals surface area contributed by atoms with Gasteiger partial charge in [-0.2, -0.15) is 5.10 Å². The second-order valence-electron chi connectivity index (χ2n) is 3.02. The maximum Gasteiger partial charge on any atom is 0.127 e. The van der Waals surface area contributed by atoms with E-state index in [1.54, 1.807) is 6.20 Å². The maximum atomic E-state index is 4.35. The van der Waals surface area contributed by atoms with E-state index in [-0.39, 0.29) is 0 Å². The van der Waals surface area contributed by atoms with Crippen molar-refractivity contribution in [2.45, 2.75) is 20.8 Å². The van der Waals surface area contributed by atoms with Crippen molar-refractivity contribution < 1.29 is 0 Å². The summed E-state index contributed by atoms with van der Waals surface area (Å²) >= 11 is 0. The topological polar surface area (TPSA) is 30.2 Å². The average molecular weight is 161 g/mol. The van der Waals surface area contributed by atoms with Gasteiger partial charge in [0, 0.05) is 6.20 Å². The fraction of sp³-hybridized carbons (Fsp3) is 0.333. The summed E-state index contributed by atoms with van der Waals surface area (Å²) in [6.45, 7) is 6.05. The summed E-state index contributed by atoms with van der Waals surface area (Å²) in [6, 6.07) is 2.00. The molecule has 0 N–H and O–H groups in total. The molecule has 0 unspecified atom stereocenters.